The molecule has 0 fully saturated rings. The molecule has 1 N–H and O–H groups in total. The first-order valence-corrected chi connectivity index (χ1v) is 18.9. The lowest BCUT2D eigenvalue weighted by atomic mass is 10.2. The van der Waals surface area contributed by atoms with Crippen molar-refractivity contribution in [1.29, 1.82) is 0 Å². The van der Waals surface area contributed by atoms with E-state index in [1.807, 2.05) is 59.3 Å². The van der Waals surface area contributed by atoms with Gasteiger partial charge >= 0.3 is 11.9 Å². The standard InChI is InChI=1S/C20H29BrN2O3Si.C12H11BrN2O2/c1-7-25-19(24)18-22-17(15-8-10-16(21)11-9-15)14-23(18)12-13-26-27(5,6)20(2,3)4;1-2-17-12(16)11-14-7-10(15-11)8-3-5-9(13)6-4-8/h8-11,14H,7,12-13H2,1-6H3;3-7H,2H2,1H3,(H,14,15). The molecule has 0 aliphatic heterocycles. The number of imidazole rings is 2. The summed E-state index contributed by atoms with van der Waals surface area (Å²) >= 11 is 6.80. The molecule has 2 aromatic carbocycles. The van der Waals surface area contributed by atoms with E-state index in [4.69, 9.17) is 13.9 Å². The maximum atomic E-state index is 12.3. The monoisotopic (exact) mass is 746 g/mol. The van der Waals surface area contributed by atoms with E-state index in [0.717, 1.165) is 31.5 Å². The minimum absolute atomic E-state index is 0.147. The van der Waals surface area contributed by atoms with Crippen LogP contribution in [0, 0.1) is 0 Å². The molecular weight excluding hydrogens is 708 g/mol. The molecule has 236 valence electrons. The van der Waals surface area contributed by atoms with Gasteiger partial charge in [0.05, 0.1) is 37.4 Å². The van der Waals surface area contributed by atoms with Crippen molar-refractivity contribution in [3.05, 3.63) is 81.5 Å². The van der Waals surface area contributed by atoms with Crippen LogP contribution >= 0.6 is 31.9 Å². The number of nitrogens with one attached hydrogen (secondary N) is 1. The molecule has 0 atom stereocenters. The first-order chi connectivity index (χ1) is 20.8. The topological polar surface area (TPSA) is 108 Å². The van der Waals surface area contributed by atoms with E-state index in [2.05, 4.69) is 80.7 Å². The second kappa shape index (κ2) is 15.8. The maximum Gasteiger partial charge on any atom is 0.374 e. The van der Waals surface area contributed by atoms with Crippen LogP contribution in [0.3, 0.4) is 0 Å². The average Bonchev–Trinajstić information content (AvgIpc) is 3.62. The molecule has 0 saturated carbocycles. The van der Waals surface area contributed by atoms with Crippen LogP contribution in [0.15, 0.2) is 69.9 Å². The Morgan fingerprint density at radius 3 is 1.98 bits per heavy atom. The highest BCUT2D eigenvalue weighted by Crippen LogP contribution is 2.36. The predicted molar refractivity (Wildman–Crippen MR) is 182 cm³/mol. The van der Waals surface area contributed by atoms with E-state index in [-0.39, 0.29) is 10.9 Å². The summed E-state index contributed by atoms with van der Waals surface area (Å²) in [7, 11) is -1.84. The Balaban J connectivity index is 0.000000266. The van der Waals surface area contributed by atoms with Crippen molar-refractivity contribution in [3.8, 4) is 22.5 Å². The Kier molecular flexibility index (Phi) is 12.7. The van der Waals surface area contributed by atoms with Crippen LogP contribution in [-0.4, -0.2) is 59.6 Å². The highest BCUT2D eigenvalue weighted by atomic mass is 79.9. The van der Waals surface area contributed by atoms with E-state index in [0.29, 0.717) is 32.2 Å². The van der Waals surface area contributed by atoms with Crippen LogP contribution in [0.25, 0.3) is 22.5 Å². The number of hydrogen-bond donors (Lipinski definition) is 1. The summed E-state index contributed by atoms with van der Waals surface area (Å²) in [5, 5.41) is 0.147. The molecule has 44 heavy (non-hydrogen) atoms. The largest absolute Gasteiger partial charge is 0.460 e. The molecule has 12 heteroatoms. The second-order valence-corrected chi connectivity index (χ2v) is 18.0. The number of ether oxygens (including phenoxy) is 2. The van der Waals surface area contributed by atoms with E-state index >= 15 is 0 Å². The van der Waals surface area contributed by atoms with Crippen molar-refractivity contribution < 1.29 is 23.5 Å². The normalized spacial score (nSPS) is 11.5. The number of halogens is 2. The quantitative estimate of drug-likeness (QED) is 0.128. The Morgan fingerprint density at radius 2 is 1.43 bits per heavy atom. The highest BCUT2D eigenvalue weighted by Gasteiger charge is 2.37. The Hall–Kier alpha value is -3.06. The van der Waals surface area contributed by atoms with Crippen LogP contribution < -0.4 is 0 Å². The summed E-state index contributed by atoms with van der Waals surface area (Å²) in [6, 6.07) is 15.6. The van der Waals surface area contributed by atoms with Gasteiger partial charge in [-0.25, -0.2) is 19.6 Å². The number of hydrogen-bond acceptors (Lipinski definition) is 7. The zero-order valence-electron chi connectivity index (χ0n) is 26.2. The molecule has 0 amide bonds. The summed E-state index contributed by atoms with van der Waals surface area (Å²) in [6.07, 6.45) is 3.51. The summed E-state index contributed by atoms with van der Waals surface area (Å²) < 4.78 is 20.1. The molecule has 0 aliphatic carbocycles. The van der Waals surface area contributed by atoms with Gasteiger partial charge in [0.25, 0.3) is 0 Å². The van der Waals surface area contributed by atoms with Crippen molar-refractivity contribution in [2.75, 3.05) is 19.8 Å². The van der Waals surface area contributed by atoms with Gasteiger partial charge in [-0.3, -0.25) is 0 Å². The minimum Gasteiger partial charge on any atom is -0.460 e. The number of rotatable bonds is 10. The van der Waals surface area contributed by atoms with Gasteiger partial charge in [0.1, 0.15) is 0 Å². The van der Waals surface area contributed by atoms with Gasteiger partial charge in [-0.1, -0.05) is 76.9 Å². The first kappa shape index (κ1) is 35.4. The van der Waals surface area contributed by atoms with E-state index in [1.54, 1.807) is 20.0 Å². The fraction of sp³-hybridized carbons (Fsp3) is 0.375. The number of aromatic amines is 1. The summed E-state index contributed by atoms with van der Waals surface area (Å²) in [4.78, 5) is 35.2. The second-order valence-electron chi connectivity index (χ2n) is 11.4. The molecule has 2 aromatic heterocycles. The fourth-order valence-electron chi connectivity index (χ4n) is 3.72. The number of carbonyl (C=O) groups excluding carboxylic acids is 2. The van der Waals surface area contributed by atoms with Crippen LogP contribution in [0.2, 0.25) is 18.1 Å². The predicted octanol–water partition coefficient (Wildman–Crippen LogP) is 8.53. The maximum absolute atomic E-state index is 12.3. The van der Waals surface area contributed by atoms with Gasteiger partial charge in [-0.2, -0.15) is 0 Å². The number of H-pyrrole nitrogens is 1. The molecule has 2 heterocycles. The van der Waals surface area contributed by atoms with Crippen LogP contribution in [-0.2, 0) is 20.4 Å². The molecule has 9 nitrogen and oxygen atoms in total. The molecule has 0 bridgehead atoms. The molecular formula is C32H40Br2N4O5Si. The SMILES string of the molecule is CCOC(=O)c1nc(-c2ccc(Br)cc2)cn1CCO[Si](C)(C)C(C)(C)C.CCOC(=O)c1ncc(-c2ccc(Br)cc2)[nH]1. The Labute approximate surface area is 277 Å². The van der Waals surface area contributed by atoms with Gasteiger partial charge < -0.3 is 23.5 Å². The van der Waals surface area contributed by atoms with Crippen LogP contribution in [0.4, 0.5) is 0 Å². The van der Waals surface area contributed by atoms with E-state index < -0.39 is 20.3 Å². The number of nitrogens with zero attached hydrogens (tertiary/aromatic N) is 3. The molecule has 4 rings (SSSR count). The van der Waals surface area contributed by atoms with Crippen LogP contribution in [0.5, 0.6) is 0 Å². The van der Waals surface area contributed by atoms with Crippen molar-refractivity contribution in [2.45, 2.75) is 59.3 Å². The van der Waals surface area contributed by atoms with Gasteiger partial charge in [-0.15, -0.1) is 0 Å². The molecule has 0 aliphatic rings. The van der Waals surface area contributed by atoms with E-state index in [9.17, 15) is 9.59 Å². The van der Waals surface area contributed by atoms with Crippen molar-refractivity contribution in [1.82, 2.24) is 19.5 Å². The van der Waals surface area contributed by atoms with Crippen molar-refractivity contribution in [2.24, 2.45) is 0 Å². The van der Waals surface area contributed by atoms with Crippen molar-refractivity contribution in [3.63, 3.8) is 0 Å². The number of carbonyl (C=O) groups is 2. The zero-order chi connectivity index (χ0) is 32.5. The third-order valence-corrected chi connectivity index (χ3v) is 12.8. The lowest BCUT2D eigenvalue weighted by Gasteiger charge is -2.36. The average molecular weight is 749 g/mol. The number of benzene rings is 2. The van der Waals surface area contributed by atoms with E-state index in [1.165, 1.54) is 0 Å². The summed E-state index contributed by atoms with van der Waals surface area (Å²) in [6.45, 7) is 16.4. The minimum atomic E-state index is -1.84. The van der Waals surface area contributed by atoms with Crippen molar-refractivity contribution >= 4 is 52.1 Å². The lowest BCUT2D eigenvalue weighted by Crippen LogP contribution is -2.41. The Bertz CT molecular complexity index is 1530. The van der Waals surface area contributed by atoms with Gasteiger partial charge in [-0.05, 0) is 61.8 Å². The highest BCUT2D eigenvalue weighted by molar-refractivity contribution is 9.10. The molecule has 0 radical (unpaired) electrons. The zero-order valence-corrected chi connectivity index (χ0v) is 30.4. The number of esters is 2. The summed E-state index contributed by atoms with van der Waals surface area (Å²) in [5.74, 6) is -0.303. The molecule has 0 spiro atoms. The Morgan fingerprint density at radius 1 is 0.886 bits per heavy atom. The third kappa shape index (κ3) is 9.72. The molecule has 4 aromatic rings. The van der Waals surface area contributed by atoms with Crippen LogP contribution in [0.1, 0.15) is 55.9 Å². The van der Waals surface area contributed by atoms with Gasteiger partial charge in [0.15, 0.2) is 8.32 Å². The summed E-state index contributed by atoms with van der Waals surface area (Å²) in [5.41, 5.74) is 3.46. The first-order valence-electron chi connectivity index (χ1n) is 14.4. The smallest absolute Gasteiger partial charge is 0.374 e. The third-order valence-electron chi connectivity index (χ3n) is 7.18. The lowest BCUT2D eigenvalue weighted by molar-refractivity contribution is 0.0499. The molecule has 0 saturated heterocycles. The fourth-order valence-corrected chi connectivity index (χ4v) is 5.28. The van der Waals surface area contributed by atoms with Gasteiger partial charge in [0.2, 0.25) is 11.6 Å². The molecule has 0 unspecified atom stereocenters. The van der Waals surface area contributed by atoms with Gasteiger partial charge in [0, 0.05) is 27.3 Å². The number of aromatic nitrogens is 4.